The first kappa shape index (κ1) is 12.6. The van der Waals surface area contributed by atoms with Crippen LogP contribution in [0, 0.1) is 4.64 Å². The quantitative estimate of drug-likeness (QED) is 0.812. The third-order valence-corrected chi connectivity index (χ3v) is 3.40. The number of benzene rings is 1. The number of H-pyrrole nitrogens is 1. The van der Waals surface area contributed by atoms with Crippen molar-refractivity contribution in [2.75, 3.05) is 0 Å². The first-order chi connectivity index (χ1) is 8.13. The maximum absolute atomic E-state index is 6.19. The first-order valence-electron chi connectivity index (χ1n) is 5.15. The standard InChI is InChI=1S/C12H10Cl2N2S/c1-2-8-11(15-6-16-12(8)17)9-4-3-7(13)5-10(9)14/h3-6H,2H2,1H3,(H,15,16,17). The zero-order valence-electron chi connectivity index (χ0n) is 9.13. The Hall–Kier alpha value is -0.900. The molecule has 0 aliphatic rings. The van der Waals surface area contributed by atoms with Crippen LogP contribution in [0.1, 0.15) is 12.5 Å². The third kappa shape index (κ3) is 2.51. The van der Waals surface area contributed by atoms with Gasteiger partial charge in [-0.2, -0.15) is 0 Å². The van der Waals surface area contributed by atoms with Gasteiger partial charge in [-0.1, -0.05) is 42.3 Å². The number of nitrogens with one attached hydrogen (secondary N) is 1. The minimum Gasteiger partial charge on any atom is -0.345 e. The predicted molar refractivity (Wildman–Crippen MR) is 74.3 cm³/mol. The Labute approximate surface area is 115 Å². The summed E-state index contributed by atoms with van der Waals surface area (Å²) in [4.78, 5) is 7.17. The molecular weight excluding hydrogens is 275 g/mol. The van der Waals surface area contributed by atoms with Crippen LogP contribution >= 0.6 is 35.4 Å². The molecule has 0 amide bonds. The number of nitrogens with zero attached hydrogens (tertiary/aromatic N) is 1. The van der Waals surface area contributed by atoms with Crippen molar-refractivity contribution in [3.63, 3.8) is 0 Å². The Morgan fingerprint density at radius 2 is 2.12 bits per heavy atom. The van der Waals surface area contributed by atoms with Gasteiger partial charge in [0, 0.05) is 16.1 Å². The lowest BCUT2D eigenvalue weighted by Gasteiger charge is -2.09. The second-order valence-electron chi connectivity index (χ2n) is 3.54. The van der Waals surface area contributed by atoms with E-state index in [9.17, 15) is 0 Å². The smallest absolute Gasteiger partial charge is 0.133 e. The van der Waals surface area contributed by atoms with Crippen molar-refractivity contribution < 1.29 is 0 Å². The summed E-state index contributed by atoms with van der Waals surface area (Å²) in [5.74, 6) is 0. The molecule has 5 heteroatoms. The van der Waals surface area contributed by atoms with E-state index in [-0.39, 0.29) is 0 Å². The van der Waals surface area contributed by atoms with Gasteiger partial charge in [0.25, 0.3) is 0 Å². The van der Waals surface area contributed by atoms with Crippen LogP contribution in [0.2, 0.25) is 10.0 Å². The van der Waals surface area contributed by atoms with Crippen LogP contribution in [0.15, 0.2) is 24.5 Å². The summed E-state index contributed by atoms with van der Waals surface area (Å²) in [6.45, 7) is 2.04. The molecule has 2 rings (SSSR count). The van der Waals surface area contributed by atoms with Crippen molar-refractivity contribution in [1.29, 1.82) is 0 Å². The second-order valence-corrected chi connectivity index (χ2v) is 4.77. The van der Waals surface area contributed by atoms with E-state index in [0.29, 0.717) is 14.7 Å². The van der Waals surface area contributed by atoms with Crippen molar-refractivity contribution in [3.8, 4) is 11.3 Å². The molecule has 1 heterocycles. The summed E-state index contributed by atoms with van der Waals surface area (Å²) >= 11 is 17.3. The Morgan fingerprint density at radius 1 is 1.35 bits per heavy atom. The maximum atomic E-state index is 6.19. The molecule has 0 bridgehead atoms. The summed E-state index contributed by atoms with van der Waals surface area (Å²) in [6.07, 6.45) is 2.39. The lowest BCUT2D eigenvalue weighted by Crippen LogP contribution is -1.95. The van der Waals surface area contributed by atoms with Gasteiger partial charge in [0.2, 0.25) is 0 Å². The summed E-state index contributed by atoms with van der Waals surface area (Å²) in [6, 6.07) is 5.40. The molecule has 88 valence electrons. The maximum Gasteiger partial charge on any atom is 0.133 e. The van der Waals surface area contributed by atoms with E-state index in [1.165, 1.54) is 0 Å². The van der Waals surface area contributed by atoms with Gasteiger partial charge < -0.3 is 4.98 Å². The fourth-order valence-corrected chi connectivity index (χ4v) is 2.49. The first-order valence-corrected chi connectivity index (χ1v) is 6.32. The van der Waals surface area contributed by atoms with E-state index in [4.69, 9.17) is 35.4 Å². The van der Waals surface area contributed by atoms with Crippen molar-refractivity contribution in [2.45, 2.75) is 13.3 Å². The Morgan fingerprint density at radius 3 is 2.76 bits per heavy atom. The lowest BCUT2D eigenvalue weighted by atomic mass is 10.1. The number of halogens is 2. The molecule has 17 heavy (non-hydrogen) atoms. The van der Waals surface area contributed by atoms with E-state index in [2.05, 4.69) is 9.97 Å². The molecule has 1 aromatic carbocycles. The average Bonchev–Trinajstić information content (AvgIpc) is 2.29. The molecule has 0 atom stereocenters. The Kier molecular flexibility index (Phi) is 3.82. The van der Waals surface area contributed by atoms with Crippen LogP contribution in [0.25, 0.3) is 11.3 Å². The fraction of sp³-hybridized carbons (Fsp3) is 0.167. The molecule has 0 unspecified atom stereocenters. The molecule has 0 saturated carbocycles. The third-order valence-electron chi connectivity index (χ3n) is 2.50. The number of hydrogen-bond donors (Lipinski definition) is 1. The summed E-state index contributed by atoms with van der Waals surface area (Å²) in [5.41, 5.74) is 2.79. The zero-order valence-corrected chi connectivity index (χ0v) is 11.5. The average molecular weight is 285 g/mol. The SMILES string of the molecule is CCc1c(-c2ccc(Cl)cc2Cl)[nH]cnc1=S. The Balaban J connectivity index is 2.68. The van der Waals surface area contributed by atoms with E-state index >= 15 is 0 Å². The number of aromatic nitrogens is 2. The molecule has 0 saturated heterocycles. The molecular formula is C12H10Cl2N2S. The molecule has 1 aromatic heterocycles. The van der Waals surface area contributed by atoms with Gasteiger partial charge >= 0.3 is 0 Å². The van der Waals surface area contributed by atoms with Crippen LogP contribution in [0.3, 0.4) is 0 Å². The number of rotatable bonds is 2. The summed E-state index contributed by atoms with van der Waals surface area (Å²) in [7, 11) is 0. The van der Waals surface area contributed by atoms with Crippen molar-refractivity contribution in [3.05, 3.63) is 44.8 Å². The van der Waals surface area contributed by atoms with Crippen molar-refractivity contribution in [2.24, 2.45) is 0 Å². The van der Waals surface area contributed by atoms with Gasteiger partial charge in [0.15, 0.2) is 0 Å². The zero-order chi connectivity index (χ0) is 12.4. The Bertz CT molecular complexity index is 608. The minimum absolute atomic E-state index is 0.601. The van der Waals surface area contributed by atoms with E-state index in [1.807, 2.05) is 13.0 Å². The van der Waals surface area contributed by atoms with Gasteiger partial charge in [0.05, 0.1) is 17.0 Å². The fourth-order valence-electron chi connectivity index (χ4n) is 1.69. The van der Waals surface area contributed by atoms with Gasteiger partial charge in [-0.3, -0.25) is 0 Å². The molecule has 0 spiro atoms. The van der Waals surface area contributed by atoms with Crippen LogP contribution in [-0.4, -0.2) is 9.97 Å². The highest BCUT2D eigenvalue weighted by Gasteiger charge is 2.10. The van der Waals surface area contributed by atoms with Crippen LogP contribution in [-0.2, 0) is 6.42 Å². The molecule has 0 radical (unpaired) electrons. The molecule has 0 aliphatic heterocycles. The van der Waals surface area contributed by atoms with Gasteiger partial charge in [-0.25, -0.2) is 4.98 Å². The molecule has 1 N–H and O–H groups in total. The number of hydrogen-bond acceptors (Lipinski definition) is 2. The predicted octanol–water partition coefficient (Wildman–Crippen LogP) is 4.68. The topological polar surface area (TPSA) is 28.7 Å². The highest BCUT2D eigenvalue weighted by molar-refractivity contribution is 7.71. The monoisotopic (exact) mass is 284 g/mol. The van der Waals surface area contributed by atoms with E-state index in [0.717, 1.165) is 23.2 Å². The second kappa shape index (κ2) is 5.17. The molecule has 2 aromatic rings. The lowest BCUT2D eigenvalue weighted by molar-refractivity contribution is 1.04. The number of aromatic amines is 1. The van der Waals surface area contributed by atoms with Gasteiger partial charge in [-0.05, 0) is 24.6 Å². The van der Waals surface area contributed by atoms with Crippen LogP contribution < -0.4 is 0 Å². The molecule has 0 fully saturated rings. The molecule has 0 aliphatic carbocycles. The van der Waals surface area contributed by atoms with E-state index < -0.39 is 0 Å². The van der Waals surface area contributed by atoms with Gasteiger partial charge in [0.1, 0.15) is 4.64 Å². The van der Waals surface area contributed by atoms with Crippen LogP contribution in [0.5, 0.6) is 0 Å². The summed E-state index contributed by atoms with van der Waals surface area (Å²) < 4.78 is 0.604. The highest BCUT2D eigenvalue weighted by atomic mass is 35.5. The van der Waals surface area contributed by atoms with Crippen molar-refractivity contribution in [1.82, 2.24) is 9.97 Å². The molecule has 2 nitrogen and oxygen atoms in total. The highest BCUT2D eigenvalue weighted by Crippen LogP contribution is 2.31. The van der Waals surface area contributed by atoms with Crippen molar-refractivity contribution >= 4 is 35.4 Å². The van der Waals surface area contributed by atoms with Crippen LogP contribution in [0.4, 0.5) is 0 Å². The normalized spacial score (nSPS) is 10.5. The van der Waals surface area contributed by atoms with Gasteiger partial charge in [-0.15, -0.1) is 0 Å². The minimum atomic E-state index is 0.601. The largest absolute Gasteiger partial charge is 0.345 e. The summed E-state index contributed by atoms with van der Waals surface area (Å²) in [5, 5.41) is 1.22. The van der Waals surface area contributed by atoms with E-state index in [1.54, 1.807) is 18.5 Å².